The van der Waals surface area contributed by atoms with E-state index in [-0.39, 0.29) is 17.7 Å². The first-order valence-corrected chi connectivity index (χ1v) is 4.92. The fraction of sp³-hybridized carbons (Fsp3) is 0.455. The van der Waals surface area contributed by atoms with E-state index in [1.807, 2.05) is 13.0 Å². The lowest BCUT2D eigenvalue weighted by molar-refractivity contribution is 0.280. The van der Waals surface area contributed by atoms with Gasteiger partial charge >= 0.3 is 0 Å². The molecule has 0 amide bonds. The molecule has 0 fully saturated rings. The zero-order chi connectivity index (χ0) is 11.3. The van der Waals surface area contributed by atoms with Crippen molar-refractivity contribution < 1.29 is 5.11 Å². The Hall–Kier alpha value is -1.60. The second-order valence-corrected chi connectivity index (χ2v) is 3.39. The summed E-state index contributed by atoms with van der Waals surface area (Å²) in [7, 11) is 0. The molecule has 0 aliphatic carbocycles. The van der Waals surface area contributed by atoms with Crippen molar-refractivity contribution in [2.24, 2.45) is 0 Å². The molecule has 0 aliphatic heterocycles. The summed E-state index contributed by atoms with van der Waals surface area (Å²) in [6.45, 7) is 2.52. The molecular weight excluding hydrogens is 192 g/mol. The zero-order valence-electron chi connectivity index (χ0n) is 8.73. The summed E-state index contributed by atoms with van der Waals surface area (Å²) in [5, 5.41) is 17.3. The third-order valence-corrected chi connectivity index (χ3v) is 2.30. The highest BCUT2D eigenvalue weighted by atomic mass is 16.2. The molecule has 0 unspecified atom stereocenters. The van der Waals surface area contributed by atoms with E-state index < -0.39 is 0 Å². The Morgan fingerprint density at radius 1 is 1.47 bits per heavy atom. The molecule has 0 aromatic carbocycles. The molecule has 80 valence electrons. The Morgan fingerprint density at radius 3 is 2.80 bits per heavy atom. The standard InChI is InChI=1S/C11H14N2O2/c1-9-4-5-10(8-12)11(15)13(9)6-2-3-7-14/h4-5,14H,2-3,6-7H2,1H3. The van der Waals surface area contributed by atoms with Gasteiger partial charge in [0.2, 0.25) is 0 Å². The summed E-state index contributed by atoms with van der Waals surface area (Å²) in [6, 6.07) is 5.18. The Morgan fingerprint density at radius 2 is 2.20 bits per heavy atom. The monoisotopic (exact) mass is 206 g/mol. The normalized spacial score (nSPS) is 9.93. The first-order valence-electron chi connectivity index (χ1n) is 4.92. The van der Waals surface area contributed by atoms with Gasteiger partial charge in [-0.25, -0.2) is 0 Å². The smallest absolute Gasteiger partial charge is 0.268 e. The van der Waals surface area contributed by atoms with Gasteiger partial charge in [-0.05, 0) is 31.9 Å². The van der Waals surface area contributed by atoms with E-state index in [9.17, 15) is 4.79 Å². The largest absolute Gasteiger partial charge is 0.396 e. The van der Waals surface area contributed by atoms with Gasteiger partial charge in [0.15, 0.2) is 0 Å². The maximum absolute atomic E-state index is 11.7. The summed E-state index contributed by atoms with van der Waals surface area (Å²) >= 11 is 0. The Balaban J connectivity index is 2.96. The molecule has 0 radical (unpaired) electrons. The quantitative estimate of drug-likeness (QED) is 0.741. The summed E-state index contributed by atoms with van der Waals surface area (Å²) < 4.78 is 1.58. The number of unbranched alkanes of at least 4 members (excludes halogenated alkanes) is 1. The first kappa shape index (κ1) is 11.5. The number of pyridine rings is 1. The molecule has 0 saturated carbocycles. The molecule has 1 N–H and O–H groups in total. The molecule has 15 heavy (non-hydrogen) atoms. The third-order valence-electron chi connectivity index (χ3n) is 2.30. The summed E-state index contributed by atoms with van der Waals surface area (Å²) in [4.78, 5) is 11.7. The average molecular weight is 206 g/mol. The van der Waals surface area contributed by atoms with Gasteiger partial charge in [0.1, 0.15) is 11.6 Å². The minimum atomic E-state index is -0.240. The average Bonchev–Trinajstić information content (AvgIpc) is 2.23. The van der Waals surface area contributed by atoms with Crippen molar-refractivity contribution in [2.75, 3.05) is 6.61 Å². The lowest BCUT2D eigenvalue weighted by Crippen LogP contribution is -2.24. The van der Waals surface area contributed by atoms with Crippen LogP contribution in [0.2, 0.25) is 0 Å². The minimum absolute atomic E-state index is 0.131. The minimum Gasteiger partial charge on any atom is -0.396 e. The lowest BCUT2D eigenvalue weighted by Gasteiger charge is -2.09. The number of aliphatic hydroxyl groups excluding tert-OH is 1. The summed E-state index contributed by atoms with van der Waals surface area (Å²) in [5.41, 5.74) is 0.775. The van der Waals surface area contributed by atoms with Crippen molar-refractivity contribution in [1.29, 1.82) is 5.26 Å². The van der Waals surface area contributed by atoms with Crippen LogP contribution in [-0.4, -0.2) is 16.3 Å². The number of nitriles is 1. The molecule has 0 bridgehead atoms. The number of nitrogens with zero attached hydrogens (tertiary/aromatic N) is 2. The van der Waals surface area contributed by atoms with Crippen LogP contribution in [0.1, 0.15) is 24.1 Å². The van der Waals surface area contributed by atoms with Crippen LogP contribution in [0.15, 0.2) is 16.9 Å². The van der Waals surface area contributed by atoms with Gasteiger partial charge in [0.05, 0.1) is 0 Å². The number of aliphatic hydroxyl groups is 1. The predicted molar refractivity (Wildman–Crippen MR) is 56.5 cm³/mol. The third kappa shape index (κ3) is 2.67. The van der Waals surface area contributed by atoms with Crippen molar-refractivity contribution in [3.8, 4) is 6.07 Å². The van der Waals surface area contributed by atoms with Crippen molar-refractivity contribution in [1.82, 2.24) is 4.57 Å². The highest BCUT2D eigenvalue weighted by Gasteiger charge is 2.04. The molecule has 0 atom stereocenters. The van der Waals surface area contributed by atoms with E-state index in [1.165, 1.54) is 0 Å². The first-order chi connectivity index (χ1) is 7.20. The molecule has 1 aromatic heterocycles. The molecule has 0 aliphatic rings. The summed E-state index contributed by atoms with van der Waals surface area (Å²) in [5.74, 6) is 0. The van der Waals surface area contributed by atoms with Gasteiger partial charge in [-0.2, -0.15) is 5.26 Å². The van der Waals surface area contributed by atoms with Crippen molar-refractivity contribution in [3.63, 3.8) is 0 Å². The second kappa shape index (κ2) is 5.32. The Kier molecular flexibility index (Phi) is 4.07. The maximum atomic E-state index is 11.7. The number of hydrogen-bond acceptors (Lipinski definition) is 3. The molecule has 4 nitrogen and oxygen atoms in total. The van der Waals surface area contributed by atoms with E-state index in [0.29, 0.717) is 13.0 Å². The fourth-order valence-corrected chi connectivity index (χ4v) is 1.42. The maximum Gasteiger partial charge on any atom is 0.268 e. The SMILES string of the molecule is Cc1ccc(C#N)c(=O)n1CCCCO. The number of aryl methyl sites for hydroxylation is 1. The second-order valence-electron chi connectivity index (χ2n) is 3.39. The van der Waals surface area contributed by atoms with Gasteiger partial charge in [0.25, 0.3) is 5.56 Å². The Labute approximate surface area is 88.4 Å². The van der Waals surface area contributed by atoms with E-state index in [2.05, 4.69) is 0 Å². The Bertz CT molecular complexity index is 429. The van der Waals surface area contributed by atoms with Crippen LogP contribution in [0.25, 0.3) is 0 Å². The highest BCUT2D eigenvalue weighted by Crippen LogP contribution is 2.00. The van der Waals surface area contributed by atoms with Gasteiger partial charge in [-0.3, -0.25) is 4.79 Å². The van der Waals surface area contributed by atoms with Crippen LogP contribution in [0.4, 0.5) is 0 Å². The van der Waals surface area contributed by atoms with Gasteiger partial charge in [0, 0.05) is 18.8 Å². The summed E-state index contributed by atoms with van der Waals surface area (Å²) in [6.07, 6.45) is 1.41. The van der Waals surface area contributed by atoms with E-state index in [0.717, 1.165) is 12.1 Å². The lowest BCUT2D eigenvalue weighted by atomic mass is 10.2. The van der Waals surface area contributed by atoms with E-state index >= 15 is 0 Å². The molecule has 1 heterocycles. The van der Waals surface area contributed by atoms with Gasteiger partial charge < -0.3 is 9.67 Å². The van der Waals surface area contributed by atoms with Gasteiger partial charge in [-0.1, -0.05) is 0 Å². The van der Waals surface area contributed by atoms with Crippen LogP contribution < -0.4 is 5.56 Å². The van der Waals surface area contributed by atoms with Gasteiger partial charge in [-0.15, -0.1) is 0 Å². The number of hydrogen-bond donors (Lipinski definition) is 1. The fourth-order valence-electron chi connectivity index (χ4n) is 1.42. The van der Waals surface area contributed by atoms with Crippen molar-refractivity contribution in [3.05, 3.63) is 33.7 Å². The van der Waals surface area contributed by atoms with Crippen LogP contribution in [0.5, 0.6) is 0 Å². The predicted octanol–water partition coefficient (Wildman–Crippen LogP) is 0.801. The van der Waals surface area contributed by atoms with Crippen molar-refractivity contribution in [2.45, 2.75) is 26.3 Å². The molecule has 1 aromatic rings. The molecule has 4 heteroatoms. The molecule has 1 rings (SSSR count). The van der Waals surface area contributed by atoms with E-state index in [1.54, 1.807) is 16.7 Å². The highest BCUT2D eigenvalue weighted by molar-refractivity contribution is 5.27. The molecular formula is C11H14N2O2. The van der Waals surface area contributed by atoms with Crippen LogP contribution >= 0.6 is 0 Å². The zero-order valence-corrected chi connectivity index (χ0v) is 8.73. The van der Waals surface area contributed by atoms with Crippen LogP contribution in [0, 0.1) is 18.3 Å². The number of aromatic nitrogens is 1. The topological polar surface area (TPSA) is 66.0 Å². The van der Waals surface area contributed by atoms with Crippen LogP contribution in [0.3, 0.4) is 0 Å². The van der Waals surface area contributed by atoms with Crippen molar-refractivity contribution >= 4 is 0 Å². The van der Waals surface area contributed by atoms with Crippen LogP contribution in [-0.2, 0) is 6.54 Å². The number of rotatable bonds is 4. The molecule has 0 spiro atoms. The molecule has 0 saturated heterocycles. The van der Waals surface area contributed by atoms with E-state index in [4.69, 9.17) is 10.4 Å².